The van der Waals surface area contributed by atoms with Crippen LogP contribution in [0.5, 0.6) is 0 Å². The Morgan fingerprint density at radius 3 is 2.24 bits per heavy atom. The number of carboxylic acid groups (broad SMARTS) is 1. The first-order valence-corrected chi connectivity index (χ1v) is 11.2. The maximum Gasteiger partial charge on any atom is 0.335 e. The molecule has 0 radical (unpaired) electrons. The molecule has 0 aliphatic carbocycles. The van der Waals surface area contributed by atoms with Crippen LogP contribution in [0.15, 0.2) is 42.6 Å². The summed E-state index contributed by atoms with van der Waals surface area (Å²) in [5.74, 6) is -1.43. The maximum atomic E-state index is 15.0. The molecule has 0 unspecified atom stereocenters. The quantitative estimate of drug-likeness (QED) is 0.369. The first kappa shape index (κ1) is 24.1. The number of aryl methyl sites for hydroxylation is 2. The number of halogens is 1. The van der Waals surface area contributed by atoms with Crippen molar-refractivity contribution in [3.05, 3.63) is 70.9 Å². The number of hydrogen-bond acceptors (Lipinski definition) is 3. The van der Waals surface area contributed by atoms with Crippen molar-refractivity contribution < 1.29 is 14.3 Å². The summed E-state index contributed by atoms with van der Waals surface area (Å²) >= 11 is 0. The number of hydrogen-bond donors (Lipinski definition) is 1. The summed E-state index contributed by atoms with van der Waals surface area (Å²) in [7, 11) is 1.91. The Bertz CT molecular complexity index is 1340. The van der Waals surface area contributed by atoms with E-state index < -0.39 is 11.8 Å². The summed E-state index contributed by atoms with van der Waals surface area (Å²) in [5, 5.41) is 14.7. The molecule has 0 amide bonds. The van der Waals surface area contributed by atoms with Crippen molar-refractivity contribution >= 4 is 16.9 Å². The number of nitrogens with zero attached hydrogens (tertiary/aromatic N) is 3. The Morgan fingerprint density at radius 1 is 1.03 bits per heavy atom. The largest absolute Gasteiger partial charge is 0.478 e. The lowest BCUT2D eigenvalue weighted by Gasteiger charge is -2.14. The van der Waals surface area contributed by atoms with E-state index in [1.54, 1.807) is 18.2 Å². The standard InChI is InChI=1S/C25H24FN3O2.C2H6/c1-13(2)20-10-16(6-8-18(20)25(30)31)24-19-9-7-17(11-22(19)27-12-21(24)26)23-14(3)28-29(5)15(23)4;1-2/h6-13H,1-5H3,(H,30,31);1-2H3. The fourth-order valence-corrected chi connectivity index (χ4v) is 4.20. The molecular weight excluding hydrogens is 417 g/mol. The van der Waals surface area contributed by atoms with Crippen molar-refractivity contribution in [2.75, 3.05) is 0 Å². The van der Waals surface area contributed by atoms with Crippen LogP contribution in [0.25, 0.3) is 33.2 Å². The van der Waals surface area contributed by atoms with E-state index >= 15 is 0 Å². The number of rotatable bonds is 4. The van der Waals surface area contributed by atoms with Gasteiger partial charge in [-0.15, -0.1) is 0 Å². The van der Waals surface area contributed by atoms with Gasteiger partial charge in [-0.3, -0.25) is 9.67 Å². The van der Waals surface area contributed by atoms with Crippen LogP contribution in [-0.2, 0) is 7.05 Å². The zero-order chi connectivity index (χ0) is 24.4. The topological polar surface area (TPSA) is 68.0 Å². The average Bonchev–Trinajstić information content (AvgIpc) is 3.05. The molecule has 4 rings (SSSR count). The number of carbonyl (C=O) groups is 1. The van der Waals surface area contributed by atoms with E-state index in [4.69, 9.17) is 0 Å². The smallest absolute Gasteiger partial charge is 0.335 e. The Hall–Kier alpha value is -3.54. The van der Waals surface area contributed by atoms with Crippen LogP contribution in [0.1, 0.15) is 60.9 Å². The Morgan fingerprint density at radius 2 is 1.67 bits per heavy atom. The number of pyridine rings is 1. The van der Waals surface area contributed by atoms with Gasteiger partial charge in [0.15, 0.2) is 0 Å². The van der Waals surface area contributed by atoms with Crippen LogP contribution in [-0.4, -0.2) is 25.8 Å². The minimum atomic E-state index is -0.984. The van der Waals surface area contributed by atoms with Crippen molar-refractivity contribution in [2.24, 2.45) is 7.05 Å². The lowest BCUT2D eigenvalue weighted by atomic mass is 9.91. The Labute approximate surface area is 193 Å². The normalized spacial score (nSPS) is 10.9. The van der Waals surface area contributed by atoms with Crippen molar-refractivity contribution in [3.63, 3.8) is 0 Å². The van der Waals surface area contributed by atoms with Crippen molar-refractivity contribution in [1.29, 1.82) is 0 Å². The zero-order valence-electron chi connectivity index (χ0n) is 20.2. The number of fused-ring (bicyclic) bond motifs is 1. The highest BCUT2D eigenvalue weighted by Crippen LogP contribution is 2.36. The van der Waals surface area contributed by atoms with Gasteiger partial charge in [-0.25, -0.2) is 9.18 Å². The van der Waals surface area contributed by atoms with Crippen molar-refractivity contribution in [2.45, 2.75) is 47.5 Å². The molecule has 6 heteroatoms. The second-order valence-corrected chi connectivity index (χ2v) is 8.14. The van der Waals surface area contributed by atoms with E-state index in [1.165, 1.54) is 6.20 Å². The Balaban J connectivity index is 0.00000149. The van der Waals surface area contributed by atoms with Gasteiger partial charge in [0.2, 0.25) is 0 Å². The predicted octanol–water partition coefficient (Wildman–Crippen LogP) is 6.91. The molecule has 1 N–H and O–H groups in total. The highest BCUT2D eigenvalue weighted by molar-refractivity contribution is 5.98. The lowest BCUT2D eigenvalue weighted by molar-refractivity contribution is 0.0695. The van der Waals surface area contributed by atoms with Gasteiger partial charge in [-0.05, 0) is 54.7 Å². The monoisotopic (exact) mass is 447 g/mol. The SMILES string of the molecule is CC.Cc1nn(C)c(C)c1-c1ccc2c(-c3ccc(C(=O)O)c(C(C)C)c3)c(F)cnc2c1. The molecule has 172 valence electrons. The van der Waals surface area contributed by atoms with Crippen LogP contribution >= 0.6 is 0 Å². The van der Waals surface area contributed by atoms with E-state index in [1.807, 2.05) is 71.5 Å². The van der Waals surface area contributed by atoms with Crippen LogP contribution in [0.2, 0.25) is 0 Å². The molecule has 0 atom stereocenters. The molecule has 2 aromatic heterocycles. The molecule has 4 aromatic rings. The minimum Gasteiger partial charge on any atom is -0.478 e. The molecule has 0 saturated heterocycles. The second kappa shape index (κ2) is 9.53. The molecular formula is C27H30FN3O2. The first-order chi connectivity index (χ1) is 15.7. The molecule has 0 saturated carbocycles. The van der Waals surface area contributed by atoms with Crippen LogP contribution < -0.4 is 0 Å². The van der Waals surface area contributed by atoms with Gasteiger partial charge >= 0.3 is 5.97 Å². The summed E-state index contributed by atoms with van der Waals surface area (Å²) in [6.07, 6.45) is 1.23. The molecule has 0 spiro atoms. The van der Waals surface area contributed by atoms with Crippen LogP contribution in [0, 0.1) is 19.7 Å². The van der Waals surface area contributed by atoms with E-state index in [-0.39, 0.29) is 11.5 Å². The highest BCUT2D eigenvalue weighted by atomic mass is 19.1. The third kappa shape index (κ3) is 4.38. The maximum absolute atomic E-state index is 15.0. The summed E-state index contributed by atoms with van der Waals surface area (Å²) in [6.45, 7) is 11.8. The molecule has 0 bridgehead atoms. The molecule has 0 aliphatic rings. The number of aromatic carboxylic acids is 1. The number of carboxylic acids is 1. The highest BCUT2D eigenvalue weighted by Gasteiger charge is 2.19. The summed E-state index contributed by atoms with van der Waals surface area (Å²) in [5.41, 5.74) is 6.64. The Kier molecular flexibility index (Phi) is 6.96. The third-order valence-corrected chi connectivity index (χ3v) is 5.81. The van der Waals surface area contributed by atoms with Gasteiger partial charge < -0.3 is 5.11 Å². The minimum absolute atomic E-state index is 0.00894. The zero-order valence-corrected chi connectivity index (χ0v) is 20.2. The molecule has 5 nitrogen and oxygen atoms in total. The van der Waals surface area contributed by atoms with Gasteiger partial charge in [0.25, 0.3) is 0 Å². The predicted molar refractivity (Wildman–Crippen MR) is 131 cm³/mol. The van der Waals surface area contributed by atoms with E-state index in [0.717, 1.165) is 22.5 Å². The van der Waals surface area contributed by atoms with Crippen LogP contribution in [0.4, 0.5) is 4.39 Å². The number of aromatic nitrogens is 3. The molecule has 2 aromatic carbocycles. The lowest BCUT2D eigenvalue weighted by Crippen LogP contribution is -2.04. The van der Waals surface area contributed by atoms with Gasteiger partial charge in [-0.2, -0.15) is 5.10 Å². The van der Waals surface area contributed by atoms with Gasteiger partial charge in [0.05, 0.1) is 23.0 Å². The summed E-state index contributed by atoms with van der Waals surface area (Å²) < 4.78 is 16.8. The third-order valence-electron chi connectivity index (χ3n) is 5.81. The molecule has 0 fully saturated rings. The molecule has 0 aliphatic heterocycles. The van der Waals surface area contributed by atoms with E-state index in [0.29, 0.717) is 27.6 Å². The fraction of sp³-hybridized carbons (Fsp3) is 0.296. The summed E-state index contributed by atoms with van der Waals surface area (Å²) in [4.78, 5) is 15.9. The van der Waals surface area contributed by atoms with Crippen molar-refractivity contribution in [1.82, 2.24) is 14.8 Å². The van der Waals surface area contributed by atoms with Gasteiger partial charge in [0, 0.05) is 29.3 Å². The average molecular weight is 448 g/mol. The molecule has 2 heterocycles. The van der Waals surface area contributed by atoms with Gasteiger partial charge in [-0.1, -0.05) is 45.9 Å². The van der Waals surface area contributed by atoms with E-state index in [9.17, 15) is 14.3 Å². The number of benzene rings is 2. The second-order valence-electron chi connectivity index (χ2n) is 8.14. The van der Waals surface area contributed by atoms with Crippen molar-refractivity contribution in [3.8, 4) is 22.3 Å². The molecule has 33 heavy (non-hydrogen) atoms. The fourth-order valence-electron chi connectivity index (χ4n) is 4.20. The van der Waals surface area contributed by atoms with Gasteiger partial charge in [0.1, 0.15) is 5.82 Å². The van der Waals surface area contributed by atoms with E-state index in [2.05, 4.69) is 10.1 Å². The summed E-state index contributed by atoms with van der Waals surface area (Å²) in [6, 6.07) is 10.8. The van der Waals surface area contributed by atoms with Crippen LogP contribution in [0.3, 0.4) is 0 Å². The first-order valence-electron chi connectivity index (χ1n) is 11.2.